The molecule has 0 bridgehead atoms. The van der Waals surface area contributed by atoms with Gasteiger partial charge in [0.25, 0.3) is 0 Å². The number of benzene rings is 1. The van der Waals surface area contributed by atoms with E-state index in [4.69, 9.17) is 5.11 Å². The summed E-state index contributed by atoms with van der Waals surface area (Å²) in [7, 11) is 0. The fraction of sp³-hybridized carbons (Fsp3) is 0.438. The Morgan fingerprint density at radius 3 is 2.64 bits per heavy atom. The number of hydrogen-bond donors (Lipinski definition) is 1. The molecule has 1 heterocycles. The topological polar surface area (TPSA) is 66.3 Å². The molecule has 0 spiro atoms. The van der Waals surface area contributed by atoms with E-state index in [1.54, 1.807) is 0 Å². The van der Waals surface area contributed by atoms with Crippen molar-refractivity contribution in [3.63, 3.8) is 0 Å². The number of rotatable bonds is 7. The van der Waals surface area contributed by atoms with Crippen LogP contribution < -0.4 is 4.90 Å². The molecule has 1 N–H and O–H groups in total. The van der Waals surface area contributed by atoms with Crippen LogP contribution in [0.4, 0.5) is 5.13 Å². The highest BCUT2D eigenvalue weighted by Gasteiger charge is 2.16. The maximum atomic E-state index is 10.9. The van der Waals surface area contributed by atoms with Gasteiger partial charge >= 0.3 is 5.97 Å². The van der Waals surface area contributed by atoms with Gasteiger partial charge < -0.3 is 10.0 Å². The maximum absolute atomic E-state index is 10.9. The number of hydrogen-bond acceptors (Lipinski definition) is 5. The van der Waals surface area contributed by atoms with Crippen molar-refractivity contribution >= 4 is 22.4 Å². The molecule has 0 radical (unpaired) electrons. The Bertz CT molecular complexity index is 640. The van der Waals surface area contributed by atoms with Crippen LogP contribution in [0.2, 0.25) is 0 Å². The van der Waals surface area contributed by atoms with Crippen molar-refractivity contribution in [1.29, 1.82) is 0 Å². The van der Waals surface area contributed by atoms with Crippen LogP contribution in [0.3, 0.4) is 0 Å². The summed E-state index contributed by atoms with van der Waals surface area (Å²) < 4.78 is 0. The molecule has 22 heavy (non-hydrogen) atoms. The summed E-state index contributed by atoms with van der Waals surface area (Å²) in [6, 6.07) is 8.12. The highest BCUT2D eigenvalue weighted by molar-refractivity contribution is 7.15. The Balaban J connectivity index is 2.21. The molecular weight excluding hydrogens is 298 g/mol. The van der Waals surface area contributed by atoms with Crippen molar-refractivity contribution in [3.05, 3.63) is 40.4 Å². The summed E-state index contributed by atoms with van der Waals surface area (Å²) in [6.45, 7) is 7.29. The minimum Gasteiger partial charge on any atom is -0.481 e. The van der Waals surface area contributed by atoms with E-state index in [1.807, 2.05) is 17.0 Å². The molecule has 0 aliphatic rings. The smallest absolute Gasteiger partial charge is 0.305 e. The quantitative estimate of drug-likeness (QED) is 0.846. The monoisotopic (exact) mass is 319 g/mol. The summed E-state index contributed by atoms with van der Waals surface area (Å²) >= 11 is 1.54. The average molecular weight is 319 g/mol. The number of aromatic nitrogens is 2. The second-order valence-corrected chi connectivity index (χ2v) is 6.56. The van der Waals surface area contributed by atoms with Crippen LogP contribution in [0.25, 0.3) is 0 Å². The van der Waals surface area contributed by atoms with Crippen molar-refractivity contribution in [3.8, 4) is 0 Å². The molecule has 6 heteroatoms. The lowest BCUT2D eigenvalue weighted by Crippen LogP contribution is -2.26. The lowest BCUT2D eigenvalue weighted by Gasteiger charge is -2.21. The van der Waals surface area contributed by atoms with Gasteiger partial charge in [-0.1, -0.05) is 49.4 Å². The maximum Gasteiger partial charge on any atom is 0.305 e. The van der Waals surface area contributed by atoms with Gasteiger partial charge in [0.1, 0.15) is 5.01 Å². The van der Waals surface area contributed by atoms with Crippen molar-refractivity contribution in [2.75, 3.05) is 11.4 Å². The first-order chi connectivity index (χ1) is 10.5. The molecular formula is C16H21N3O2S. The summed E-state index contributed by atoms with van der Waals surface area (Å²) in [5.74, 6) is -0.477. The molecule has 0 fully saturated rings. The van der Waals surface area contributed by atoms with Gasteiger partial charge in [0, 0.05) is 19.0 Å². The van der Waals surface area contributed by atoms with Crippen LogP contribution in [-0.2, 0) is 11.3 Å². The number of aryl methyl sites for hydroxylation is 1. The molecule has 0 aliphatic heterocycles. The molecule has 1 aromatic heterocycles. The van der Waals surface area contributed by atoms with Crippen molar-refractivity contribution < 1.29 is 9.90 Å². The molecule has 0 saturated carbocycles. The first-order valence-corrected chi connectivity index (χ1v) is 8.13. The van der Waals surface area contributed by atoms with E-state index in [0.717, 1.165) is 10.1 Å². The molecule has 118 valence electrons. The minimum absolute atomic E-state index is 0.0858. The highest BCUT2D eigenvalue weighted by Crippen LogP contribution is 2.27. The standard InChI is InChI=1S/C16H21N3O2S/c1-11(2)15-17-18-16(22-15)19(9-8-14(20)21)10-13-7-5-4-6-12(13)3/h4-7,11H,8-10H2,1-3H3,(H,20,21). The van der Waals surface area contributed by atoms with Crippen molar-refractivity contribution in [2.45, 2.75) is 39.7 Å². The van der Waals surface area contributed by atoms with Gasteiger partial charge in [0.15, 0.2) is 0 Å². The van der Waals surface area contributed by atoms with E-state index >= 15 is 0 Å². The van der Waals surface area contributed by atoms with Crippen molar-refractivity contribution in [1.82, 2.24) is 10.2 Å². The van der Waals surface area contributed by atoms with E-state index in [-0.39, 0.29) is 6.42 Å². The van der Waals surface area contributed by atoms with Gasteiger partial charge in [-0.15, -0.1) is 10.2 Å². The van der Waals surface area contributed by atoms with E-state index in [0.29, 0.717) is 19.0 Å². The van der Waals surface area contributed by atoms with E-state index in [2.05, 4.69) is 43.1 Å². The molecule has 0 amide bonds. The fourth-order valence-corrected chi connectivity index (χ4v) is 2.92. The SMILES string of the molecule is Cc1ccccc1CN(CCC(=O)O)c1nnc(C(C)C)s1. The summed E-state index contributed by atoms with van der Waals surface area (Å²) in [4.78, 5) is 12.9. The third kappa shape index (κ3) is 4.27. The number of anilines is 1. The molecule has 2 aromatic rings. The first-order valence-electron chi connectivity index (χ1n) is 7.32. The molecule has 0 aliphatic carbocycles. The fourth-order valence-electron chi connectivity index (χ4n) is 2.05. The van der Waals surface area contributed by atoms with Crippen LogP contribution in [-0.4, -0.2) is 27.8 Å². The summed E-state index contributed by atoms with van der Waals surface area (Å²) in [5.41, 5.74) is 2.37. The number of carboxylic acids is 1. The van der Waals surface area contributed by atoms with Crippen LogP contribution in [0.1, 0.15) is 42.3 Å². The van der Waals surface area contributed by atoms with Gasteiger partial charge in [0.2, 0.25) is 5.13 Å². The van der Waals surface area contributed by atoms with Gasteiger partial charge in [-0.05, 0) is 18.1 Å². The lowest BCUT2D eigenvalue weighted by molar-refractivity contribution is -0.136. The molecule has 1 aromatic carbocycles. The minimum atomic E-state index is -0.802. The van der Waals surface area contributed by atoms with Crippen LogP contribution in [0.15, 0.2) is 24.3 Å². The Labute approximate surface area is 134 Å². The lowest BCUT2D eigenvalue weighted by atomic mass is 10.1. The zero-order chi connectivity index (χ0) is 16.1. The normalized spacial score (nSPS) is 10.9. The Morgan fingerprint density at radius 2 is 2.05 bits per heavy atom. The third-order valence-electron chi connectivity index (χ3n) is 3.41. The molecule has 0 saturated heterocycles. The first kappa shape index (κ1) is 16.4. The highest BCUT2D eigenvalue weighted by atomic mass is 32.1. The van der Waals surface area contributed by atoms with Crippen molar-refractivity contribution in [2.24, 2.45) is 0 Å². The number of nitrogens with zero attached hydrogens (tertiary/aromatic N) is 3. The zero-order valence-electron chi connectivity index (χ0n) is 13.1. The molecule has 2 rings (SSSR count). The van der Waals surface area contributed by atoms with Gasteiger partial charge in [0.05, 0.1) is 6.42 Å². The number of carbonyl (C=O) groups is 1. The predicted octanol–water partition coefficient (Wildman–Crippen LogP) is 3.45. The molecule has 0 atom stereocenters. The Kier molecular flexibility index (Phi) is 5.49. The molecule has 5 nitrogen and oxygen atoms in total. The Hall–Kier alpha value is -1.95. The number of aliphatic carboxylic acids is 1. The summed E-state index contributed by atoms with van der Waals surface area (Å²) in [5, 5.41) is 19.2. The van der Waals surface area contributed by atoms with Gasteiger partial charge in [-0.3, -0.25) is 4.79 Å². The van der Waals surface area contributed by atoms with E-state index in [1.165, 1.54) is 22.5 Å². The van der Waals surface area contributed by atoms with Gasteiger partial charge in [-0.2, -0.15) is 0 Å². The number of carboxylic acid groups (broad SMARTS) is 1. The second-order valence-electron chi connectivity index (χ2n) is 5.57. The predicted molar refractivity (Wildman–Crippen MR) is 88.5 cm³/mol. The van der Waals surface area contributed by atoms with E-state index in [9.17, 15) is 4.79 Å². The second kappa shape index (κ2) is 7.35. The largest absolute Gasteiger partial charge is 0.481 e. The van der Waals surface area contributed by atoms with E-state index < -0.39 is 5.97 Å². The van der Waals surface area contributed by atoms with Crippen LogP contribution in [0, 0.1) is 6.92 Å². The third-order valence-corrected chi connectivity index (χ3v) is 4.70. The molecule has 0 unspecified atom stereocenters. The Morgan fingerprint density at radius 1 is 1.32 bits per heavy atom. The van der Waals surface area contributed by atoms with Gasteiger partial charge in [-0.25, -0.2) is 0 Å². The van der Waals surface area contributed by atoms with Crippen LogP contribution >= 0.6 is 11.3 Å². The average Bonchev–Trinajstić information content (AvgIpc) is 2.95. The zero-order valence-corrected chi connectivity index (χ0v) is 13.9. The summed E-state index contributed by atoms with van der Waals surface area (Å²) in [6.07, 6.45) is 0.0858. The van der Waals surface area contributed by atoms with Crippen LogP contribution in [0.5, 0.6) is 0 Å².